The van der Waals surface area contributed by atoms with Gasteiger partial charge in [-0.2, -0.15) is 13.2 Å². The van der Waals surface area contributed by atoms with E-state index in [4.69, 9.17) is 11.6 Å². The molecule has 186 valence electrons. The van der Waals surface area contributed by atoms with Crippen molar-refractivity contribution >= 4 is 40.0 Å². The molecule has 3 aromatic rings. The van der Waals surface area contributed by atoms with E-state index < -0.39 is 35.9 Å². The van der Waals surface area contributed by atoms with E-state index in [1.54, 1.807) is 17.2 Å². The molecule has 2 saturated heterocycles. The lowest BCUT2D eigenvalue weighted by atomic mass is 9.87. The zero-order valence-electron chi connectivity index (χ0n) is 18.5. The normalized spacial score (nSPS) is 23.7. The van der Waals surface area contributed by atoms with Crippen molar-refractivity contribution in [2.24, 2.45) is 5.92 Å². The molecule has 1 amide bonds. The summed E-state index contributed by atoms with van der Waals surface area (Å²) in [5.74, 6) is -2.13. The number of nitrogens with zero attached hydrogens (tertiary/aromatic N) is 4. The number of aromatic amines is 1. The van der Waals surface area contributed by atoms with Crippen molar-refractivity contribution in [3.63, 3.8) is 0 Å². The highest BCUT2D eigenvalue weighted by molar-refractivity contribution is 6.30. The van der Waals surface area contributed by atoms with Crippen LogP contribution in [0.15, 0.2) is 36.8 Å². The van der Waals surface area contributed by atoms with Crippen molar-refractivity contribution in [2.45, 2.75) is 37.5 Å². The average molecular weight is 511 g/mol. The van der Waals surface area contributed by atoms with Gasteiger partial charge in [0.15, 0.2) is 0 Å². The number of halogens is 5. The first-order valence-corrected chi connectivity index (χ1v) is 11.7. The summed E-state index contributed by atoms with van der Waals surface area (Å²) in [5, 5.41) is 3.84. The number of hydrogen-bond donors (Lipinski definition) is 2. The summed E-state index contributed by atoms with van der Waals surface area (Å²) >= 11 is 5.91. The second kappa shape index (κ2) is 9.18. The molecule has 0 aliphatic carbocycles. The number of fused-ring (bicyclic) bond motifs is 1. The maximum Gasteiger partial charge on any atom is 0.393 e. The first-order valence-electron chi connectivity index (χ1n) is 11.3. The molecule has 2 aliphatic heterocycles. The molecule has 3 unspecified atom stereocenters. The quantitative estimate of drug-likeness (QED) is 0.501. The Morgan fingerprint density at radius 1 is 1.14 bits per heavy atom. The minimum absolute atomic E-state index is 0.00821. The van der Waals surface area contributed by atoms with Gasteiger partial charge < -0.3 is 20.1 Å². The summed E-state index contributed by atoms with van der Waals surface area (Å²) in [5.41, 5.74) is 0.903. The van der Waals surface area contributed by atoms with Crippen molar-refractivity contribution in [1.82, 2.24) is 19.9 Å². The molecule has 0 saturated carbocycles. The molecular weight excluding hydrogens is 488 g/mol. The Labute approximate surface area is 203 Å². The number of alkyl halides is 3. The summed E-state index contributed by atoms with van der Waals surface area (Å²) in [7, 11) is 0. The number of benzene rings is 1. The number of amides is 1. The van der Waals surface area contributed by atoms with Gasteiger partial charge in [-0.05, 0) is 43.5 Å². The Balaban J connectivity index is 1.42. The summed E-state index contributed by atoms with van der Waals surface area (Å²) in [6.45, 7) is 0.366. The van der Waals surface area contributed by atoms with E-state index in [0.29, 0.717) is 35.4 Å². The van der Waals surface area contributed by atoms with E-state index in [9.17, 15) is 22.4 Å². The van der Waals surface area contributed by atoms with Gasteiger partial charge in [-0.25, -0.2) is 14.4 Å². The third kappa shape index (κ3) is 4.73. The van der Waals surface area contributed by atoms with Crippen LogP contribution in [-0.4, -0.2) is 63.7 Å². The SMILES string of the molecule is O=C1C(Nc2cc(F)cc(Cl)c2)CCCN1C1CN(c2ncnc3[nH]ccc23)CCC1C(F)(F)F. The molecule has 2 fully saturated rings. The number of rotatable bonds is 4. The number of anilines is 2. The van der Waals surface area contributed by atoms with Gasteiger partial charge in [0, 0.05) is 36.5 Å². The van der Waals surface area contributed by atoms with Crippen molar-refractivity contribution in [2.75, 3.05) is 29.9 Å². The van der Waals surface area contributed by atoms with E-state index in [1.807, 2.05) is 0 Å². The van der Waals surface area contributed by atoms with Gasteiger partial charge in [-0.1, -0.05) is 11.6 Å². The molecule has 2 aliphatic rings. The van der Waals surface area contributed by atoms with E-state index in [0.717, 1.165) is 6.07 Å². The molecule has 4 heterocycles. The number of hydrogen-bond acceptors (Lipinski definition) is 5. The van der Waals surface area contributed by atoms with Crippen LogP contribution in [0.1, 0.15) is 19.3 Å². The molecule has 0 radical (unpaired) electrons. The molecule has 0 spiro atoms. The number of nitrogens with one attached hydrogen (secondary N) is 2. The van der Waals surface area contributed by atoms with Crippen molar-refractivity contribution < 1.29 is 22.4 Å². The number of carbonyl (C=O) groups is 1. The largest absolute Gasteiger partial charge is 0.393 e. The van der Waals surface area contributed by atoms with Crippen molar-refractivity contribution in [3.05, 3.63) is 47.6 Å². The van der Waals surface area contributed by atoms with Crippen LogP contribution in [-0.2, 0) is 4.79 Å². The number of aromatic nitrogens is 3. The minimum atomic E-state index is -4.46. The van der Waals surface area contributed by atoms with Gasteiger partial charge in [0.2, 0.25) is 5.91 Å². The topological polar surface area (TPSA) is 77.2 Å². The number of piperidine rings is 2. The Bertz CT molecular complexity index is 1210. The van der Waals surface area contributed by atoms with E-state index >= 15 is 0 Å². The maximum absolute atomic E-state index is 14.1. The molecule has 12 heteroatoms. The smallest absolute Gasteiger partial charge is 0.374 e. The molecular formula is C23H23ClF4N6O. The molecule has 3 atom stereocenters. The third-order valence-corrected chi connectivity index (χ3v) is 6.93. The van der Waals surface area contributed by atoms with Crippen LogP contribution in [0.4, 0.5) is 29.1 Å². The molecule has 7 nitrogen and oxygen atoms in total. The molecule has 2 N–H and O–H groups in total. The third-order valence-electron chi connectivity index (χ3n) is 6.71. The van der Waals surface area contributed by atoms with Gasteiger partial charge in [0.25, 0.3) is 0 Å². The molecule has 1 aromatic carbocycles. The molecule has 35 heavy (non-hydrogen) atoms. The van der Waals surface area contributed by atoms with Gasteiger partial charge in [-0.15, -0.1) is 0 Å². The van der Waals surface area contributed by atoms with Crippen molar-refractivity contribution in [1.29, 1.82) is 0 Å². The number of H-pyrrole nitrogens is 1. The van der Waals surface area contributed by atoms with Gasteiger partial charge >= 0.3 is 6.18 Å². The van der Waals surface area contributed by atoms with E-state index in [1.165, 1.54) is 23.4 Å². The lowest BCUT2D eigenvalue weighted by Crippen LogP contribution is -2.62. The highest BCUT2D eigenvalue weighted by Crippen LogP contribution is 2.39. The van der Waals surface area contributed by atoms with Crippen LogP contribution in [0.25, 0.3) is 11.0 Å². The fourth-order valence-electron chi connectivity index (χ4n) is 5.13. The summed E-state index contributed by atoms with van der Waals surface area (Å²) in [6.07, 6.45) is -0.607. The standard InChI is InChI=1S/C23H23ClF4N6O/c24-13-8-14(25)10-15(9-13)32-18-2-1-6-34(22(18)35)19-11-33(7-4-17(19)23(26,27)28)21-16-3-5-29-20(16)30-12-31-21/h3,5,8-10,12,17-19,32H,1-2,4,6-7,11H2,(H,29,30,31). The monoisotopic (exact) mass is 510 g/mol. The fraction of sp³-hybridized carbons (Fsp3) is 0.435. The maximum atomic E-state index is 14.1. The van der Waals surface area contributed by atoms with Crippen LogP contribution < -0.4 is 10.2 Å². The first kappa shape index (κ1) is 23.7. The molecule has 0 bridgehead atoms. The highest BCUT2D eigenvalue weighted by Gasteiger charge is 2.51. The Morgan fingerprint density at radius 3 is 2.74 bits per heavy atom. The highest BCUT2D eigenvalue weighted by atomic mass is 35.5. The first-order chi connectivity index (χ1) is 16.7. The van der Waals surface area contributed by atoms with Gasteiger partial charge in [0.05, 0.1) is 17.3 Å². The zero-order valence-corrected chi connectivity index (χ0v) is 19.3. The summed E-state index contributed by atoms with van der Waals surface area (Å²) in [6, 6.07) is 3.75. The lowest BCUT2D eigenvalue weighted by Gasteiger charge is -2.47. The van der Waals surface area contributed by atoms with Crippen LogP contribution in [0, 0.1) is 11.7 Å². The summed E-state index contributed by atoms with van der Waals surface area (Å²) in [4.78, 5) is 28.0. The van der Waals surface area contributed by atoms with E-state index in [-0.39, 0.29) is 31.1 Å². The molecule has 5 rings (SSSR count). The van der Waals surface area contributed by atoms with Crippen LogP contribution >= 0.6 is 11.6 Å². The Morgan fingerprint density at radius 2 is 1.97 bits per heavy atom. The second-order valence-corrected chi connectivity index (χ2v) is 9.35. The van der Waals surface area contributed by atoms with Gasteiger partial charge in [0.1, 0.15) is 29.7 Å². The summed E-state index contributed by atoms with van der Waals surface area (Å²) < 4.78 is 56.0. The predicted octanol–water partition coefficient (Wildman–Crippen LogP) is 4.61. The van der Waals surface area contributed by atoms with E-state index in [2.05, 4.69) is 20.3 Å². The van der Waals surface area contributed by atoms with Crippen LogP contribution in [0.2, 0.25) is 5.02 Å². The van der Waals surface area contributed by atoms with Gasteiger partial charge in [-0.3, -0.25) is 4.79 Å². The average Bonchev–Trinajstić information content (AvgIpc) is 3.28. The second-order valence-electron chi connectivity index (χ2n) is 8.92. The number of likely N-dealkylation sites (tertiary alicyclic amines) is 1. The molecule has 2 aromatic heterocycles. The van der Waals surface area contributed by atoms with Crippen LogP contribution in [0.5, 0.6) is 0 Å². The van der Waals surface area contributed by atoms with Crippen LogP contribution in [0.3, 0.4) is 0 Å². The number of carbonyl (C=O) groups excluding carboxylic acids is 1. The zero-order chi connectivity index (χ0) is 24.7. The minimum Gasteiger partial charge on any atom is -0.374 e. The van der Waals surface area contributed by atoms with Crippen molar-refractivity contribution in [3.8, 4) is 0 Å². The fourth-order valence-corrected chi connectivity index (χ4v) is 5.36. The Hall–Kier alpha value is -3.08. The lowest BCUT2D eigenvalue weighted by molar-refractivity contribution is -0.197. The Kier molecular flexibility index (Phi) is 6.20. The predicted molar refractivity (Wildman–Crippen MR) is 124 cm³/mol.